The second-order valence-electron chi connectivity index (χ2n) is 3.17. The van der Waals surface area contributed by atoms with E-state index in [4.69, 9.17) is 11.6 Å². The van der Waals surface area contributed by atoms with Crippen molar-refractivity contribution in [2.24, 2.45) is 0 Å². The Labute approximate surface area is 78.7 Å². The minimum atomic E-state index is 0.436. The predicted octanol–water partition coefficient (Wildman–Crippen LogP) is 3.67. The largest absolute Gasteiger partial charge is 0.341 e. The first-order chi connectivity index (χ1) is 5.57. The number of hydrogen-bond acceptors (Lipinski definition) is 0. The van der Waals surface area contributed by atoms with Gasteiger partial charge in [0.15, 0.2) is 0 Å². The van der Waals surface area contributed by atoms with Gasteiger partial charge < -0.3 is 4.57 Å². The van der Waals surface area contributed by atoms with E-state index in [9.17, 15) is 0 Å². The number of halogens is 1. The lowest BCUT2D eigenvalue weighted by Crippen LogP contribution is -2.04. The highest BCUT2D eigenvalue weighted by atomic mass is 35.5. The van der Waals surface area contributed by atoms with Crippen LogP contribution in [0.5, 0.6) is 0 Å². The van der Waals surface area contributed by atoms with Crippen LogP contribution in [0.15, 0.2) is 12.6 Å². The third-order valence-corrected chi connectivity index (χ3v) is 2.37. The van der Waals surface area contributed by atoms with Crippen LogP contribution in [0.3, 0.4) is 0 Å². The van der Waals surface area contributed by atoms with Crippen LogP contribution in [0.4, 0.5) is 0 Å². The fourth-order valence-electron chi connectivity index (χ4n) is 1.46. The Kier molecular flexibility index (Phi) is 2.63. The van der Waals surface area contributed by atoms with Crippen LogP contribution < -0.4 is 0 Å². The summed E-state index contributed by atoms with van der Waals surface area (Å²) < 4.78 is 2.18. The highest BCUT2D eigenvalue weighted by Gasteiger charge is 2.09. The first-order valence-electron chi connectivity index (χ1n) is 4.07. The van der Waals surface area contributed by atoms with Crippen LogP contribution in [0.2, 0.25) is 5.02 Å². The van der Waals surface area contributed by atoms with Gasteiger partial charge in [0, 0.05) is 17.4 Å². The van der Waals surface area contributed by atoms with Gasteiger partial charge in [0.25, 0.3) is 0 Å². The van der Waals surface area contributed by atoms with Gasteiger partial charge in [0.05, 0.1) is 5.02 Å². The number of rotatable bonds is 2. The molecule has 0 aromatic carbocycles. The molecule has 12 heavy (non-hydrogen) atoms. The van der Waals surface area contributed by atoms with Gasteiger partial charge in [-0.15, -0.1) is 0 Å². The summed E-state index contributed by atoms with van der Waals surface area (Å²) in [5.41, 5.74) is 2.20. The topological polar surface area (TPSA) is 4.93 Å². The summed E-state index contributed by atoms with van der Waals surface area (Å²) in [6.07, 6.45) is 1.83. The quantitative estimate of drug-likeness (QED) is 0.660. The Morgan fingerprint density at radius 1 is 1.58 bits per heavy atom. The fraction of sp³-hybridized carbons (Fsp3) is 0.400. The van der Waals surface area contributed by atoms with Crippen molar-refractivity contribution < 1.29 is 0 Å². The van der Waals surface area contributed by atoms with Crippen molar-refractivity contribution >= 4 is 17.7 Å². The van der Waals surface area contributed by atoms with Gasteiger partial charge in [-0.2, -0.15) is 0 Å². The first kappa shape index (κ1) is 9.40. The average Bonchev–Trinajstić information content (AvgIpc) is 2.28. The van der Waals surface area contributed by atoms with Crippen LogP contribution in [-0.4, -0.2) is 4.57 Å². The van der Waals surface area contributed by atoms with Crippen molar-refractivity contribution in [1.29, 1.82) is 0 Å². The molecule has 0 radical (unpaired) electrons. The van der Waals surface area contributed by atoms with Crippen molar-refractivity contribution in [3.05, 3.63) is 29.1 Å². The van der Waals surface area contributed by atoms with Crippen LogP contribution in [0.1, 0.15) is 31.3 Å². The SMILES string of the molecule is C=Cc1cc(Cl)c(C)n1C(C)C. The molecule has 1 aromatic rings. The minimum absolute atomic E-state index is 0.436. The molecule has 1 nitrogen and oxygen atoms in total. The van der Waals surface area contributed by atoms with Crippen molar-refractivity contribution in [3.8, 4) is 0 Å². The molecule has 0 bridgehead atoms. The van der Waals surface area contributed by atoms with Gasteiger partial charge in [-0.25, -0.2) is 0 Å². The van der Waals surface area contributed by atoms with Crippen molar-refractivity contribution in [2.75, 3.05) is 0 Å². The summed E-state index contributed by atoms with van der Waals surface area (Å²) in [5, 5.41) is 0.818. The zero-order chi connectivity index (χ0) is 9.30. The number of nitrogens with zero attached hydrogens (tertiary/aromatic N) is 1. The lowest BCUT2D eigenvalue weighted by molar-refractivity contribution is 0.585. The van der Waals surface area contributed by atoms with Crippen LogP contribution in [0, 0.1) is 6.92 Å². The highest BCUT2D eigenvalue weighted by Crippen LogP contribution is 2.24. The van der Waals surface area contributed by atoms with Crippen LogP contribution >= 0.6 is 11.6 Å². The lowest BCUT2D eigenvalue weighted by Gasteiger charge is -2.13. The van der Waals surface area contributed by atoms with E-state index in [1.165, 1.54) is 0 Å². The summed E-state index contributed by atoms with van der Waals surface area (Å²) in [5.74, 6) is 0. The maximum absolute atomic E-state index is 5.99. The monoisotopic (exact) mass is 183 g/mol. The Bertz CT molecular complexity index is 297. The maximum Gasteiger partial charge on any atom is 0.0618 e. The van der Waals surface area contributed by atoms with Gasteiger partial charge in [-0.3, -0.25) is 0 Å². The van der Waals surface area contributed by atoms with Crippen molar-refractivity contribution in [1.82, 2.24) is 4.57 Å². The Morgan fingerprint density at radius 3 is 2.50 bits per heavy atom. The van der Waals surface area contributed by atoms with Crippen LogP contribution in [0.25, 0.3) is 6.08 Å². The van der Waals surface area contributed by atoms with Crippen molar-refractivity contribution in [2.45, 2.75) is 26.8 Å². The molecule has 0 aliphatic rings. The Morgan fingerprint density at radius 2 is 2.17 bits per heavy atom. The second-order valence-corrected chi connectivity index (χ2v) is 3.58. The van der Waals surface area contributed by atoms with E-state index in [1.807, 2.05) is 19.1 Å². The van der Waals surface area contributed by atoms with E-state index < -0.39 is 0 Å². The van der Waals surface area contributed by atoms with Gasteiger partial charge in [-0.05, 0) is 32.9 Å². The molecule has 0 fully saturated rings. The van der Waals surface area contributed by atoms with Crippen LogP contribution in [-0.2, 0) is 0 Å². The van der Waals surface area contributed by atoms with Crippen molar-refractivity contribution in [3.63, 3.8) is 0 Å². The molecule has 1 aromatic heterocycles. The molecule has 66 valence electrons. The van der Waals surface area contributed by atoms with E-state index in [-0.39, 0.29) is 0 Å². The molecule has 0 amide bonds. The molecule has 1 rings (SSSR count). The summed E-state index contributed by atoms with van der Waals surface area (Å²) in [4.78, 5) is 0. The zero-order valence-corrected chi connectivity index (χ0v) is 8.52. The molecule has 0 aliphatic heterocycles. The fourth-order valence-corrected chi connectivity index (χ4v) is 1.66. The molecule has 0 N–H and O–H groups in total. The number of aromatic nitrogens is 1. The van der Waals surface area contributed by atoms with E-state index in [2.05, 4.69) is 25.0 Å². The minimum Gasteiger partial charge on any atom is -0.341 e. The molecule has 0 aliphatic carbocycles. The summed E-state index contributed by atoms with van der Waals surface area (Å²) >= 11 is 5.99. The van der Waals surface area contributed by atoms with E-state index in [0.717, 1.165) is 16.4 Å². The van der Waals surface area contributed by atoms with E-state index >= 15 is 0 Å². The lowest BCUT2D eigenvalue weighted by atomic mass is 10.3. The molecule has 0 saturated heterocycles. The molecular formula is C10H14ClN. The third-order valence-electron chi connectivity index (χ3n) is 1.99. The smallest absolute Gasteiger partial charge is 0.0618 e. The van der Waals surface area contributed by atoms with E-state index in [0.29, 0.717) is 6.04 Å². The van der Waals surface area contributed by atoms with Gasteiger partial charge >= 0.3 is 0 Å². The summed E-state index contributed by atoms with van der Waals surface area (Å²) in [7, 11) is 0. The number of hydrogen-bond donors (Lipinski definition) is 0. The maximum atomic E-state index is 5.99. The predicted molar refractivity (Wildman–Crippen MR) is 54.7 cm³/mol. The molecule has 0 saturated carbocycles. The zero-order valence-electron chi connectivity index (χ0n) is 7.76. The summed E-state index contributed by atoms with van der Waals surface area (Å²) in [6.45, 7) is 10.0. The Balaban J connectivity index is 3.30. The standard InChI is InChI=1S/C10H14ClN/c1-5-9-6-10(11)8(4)12(9)7(2)3/h5-7H,1H2,2-4H3. The third kappa shape index (κ3) is 1.42. The molecule has 2 heteroatoms. The van der Waals surface area contributed by atoms with E-state index in [1.54, 1.807) is 0 Å². The Hall–Kier alpha value is -0.690. The second kappa shape index (κ2) is 3.36. The summed E-state index contributed by atoms with van der Waals surface area (Å²) in [6, 6.07) is 2.38. The first-order valence-corrected chi connectivity index (χ1v) is 4.45. The normalized spacial score (nSPS) is 10.8. The molecule has 0 spiro atoms. The van der Waals surface area contributed by atoms with Gasteiger partial charge in [0.2, 0.25) is 0 Å². The average molecular weight is 184 g/mol. The van der Waals surface area contributed by atoms with Gasteiger partial charge in [-0.1, -0.05) is 18.2 Å². The molecule has 0 atom stereocenters. The molecular weight excluding hydrogens is 170 g/mol. The molecule has 0 unspecified atom stereocenters. The van der Waals surface area contributed by atoms with Gasteiger partial charge in [0.1, 0.15) is 0 Å². The highest BCUT2D eigenvalue weighted by molar-refractivity contribution is 6.31. The molecule has 1 heterocycles.